The van der Waals surface area contributed by atoms with E-state index in [9.17, 15) is 4.79 Å². The number of nitrogens with zero attached hydrogens (tertiary/aromatic N) is 2. The van der Waals surface area contributed by atoms with Crippen LogP contribution in [-0.2, 0) is 4.79 Å². The van der Waals surface area contributed by atoms with E-state index < -0.39 is 0 Å². The number of carbonyl (C=O) groups excluding carboxylic acids is 1. The molecule has 0 atom stereocenters. The molecule has 0 bridgehead atoms. The molecule has 0 spiro atoms. The van der Waals surface area contributed by atoms with Gasteiger partial charge in [0.15, 0.2) is 0 Å². The zero-order chi connectivity index (χ0) is 14.1. The van der Waals surface area contributed by atoms with Crippen molar-refractivity contribution < 1.29 is 4.79 Å². The zero-order valence-corrected chi connectivity index (χ0v) is 12.7. The first kappa shape index (κ1) is 13.4. The lowest BCUT2D eigenvalue weighted by Gasteiger charge is -2.32. The first-order chi connectivity index (χ1) is 9.61. The summed E-state index contributed by atoms with van der Waals surface area (Å²) >= 11 is 1.73. The van der Waals surface area contributed by atoms with Crippen LogP contribution in [0.3, 0.4) is 0 Å². The van der Waals surface area contributed by atoms with Crippen LogP contribution in [0, 0.1) is 6.92 Å². The predicted molar refractivity (Wildman–Crippen MR) is 83.3 cm³/mol. The molecule has 4 nitrogen and oxygen atoms in total. The first-order valence-electron chi connectivity index (χ1n) is 7.01. The second-order valence-electron chi connectivity index (χ2n) is 5.34. The summed E-state index contributed by atoms with van der Waals surface area (Å²) in [6, 6.07) is 6.82. The highest BCUT2D eigenvalue weighted by Crippen LogP contribution is 2.25. The fraction of sp³-hybridized carbons (Fsp3) is 0.467. The molecule has 2 aromatic rings. The van der Waals surface area contributed by atoms with Crippen LogP contribution in [0.2, 0.25) is 0 Å². The number of aryl methyl sites for hydroxylation is 1. The van der Waals surface area contributed by atoms with Crippen molar-refractivity contribution in [3.05, 3.63) is 23.2 Å². The fourth-order valence-electron chi connectivity index (χ4n) is 2.71. The third-order valence-electron chi connectivity index (χ3n) is 3.81. The van der Waals surface area contributed by atoms with Crippen LogP contribution >= 0.6 is 11.3 Å². The highest BCUT2D eigenvalue weighted by molar-refractivity contribution is 7.18. The second kappa shape index (κ2) is 5.40. The molecule has 1 fully saturated rings. The monoisotopic (exact) mass is 289 g/mol. The summed E-state index contributed by atoms with van der Waals surface area (Å²) in [5.41, 5.74) is 2.20. The Kier molecular flexibility index (Phi) is 3.61. The average molecular weight is 289 g/mol. The number of nitrogens with one attached hydrogen (secondary N) is 1. The van der Waals surface area contributed by atoms with Gasteiger partial charge in [0.25, 0.3) is 0 Å². The van der Waals surface area contributed by atoms with Crippen LogP contribution < -0.4 is 5.32 Å². The number of hydrogen-bond acceptors (Lipinski definition) is 4. The Morgan fingerprint density at radius 3 is 2.85 bits per heavy atom. The molecule has 3 rings (SSSR count). The molecule has 0 saturated carbocycles. The summed E-state index contributed by atoms with van der Waals surface area (Å²) in [6.07, 6.45) is 2.02. The van der Waals surface area contributed by atoms with Gasteiger partial charge in [0, 0.05) is 31.7 Å². The van der Waals surface area contributed by atoms with Gasteiger partial charge in [0.2, 0.25) is 5.91 Å². The van der Waals surface area contributed by atoms with Crippen molar-refractivity contribution in [2.24, 2.45) is 0 Å². The number of piperidine rings is 1. The molecular formula is C15H19N3OS. The fourth-order valence-corrected chi connectivity index (χ4v) is 3.51. The summed E-state index contributed by atoms with van der Waals surface area (Å²) in [4.78, 5) is 17.8. The van der Waals surface area contributed by atoms with E-state index in [1.54, 1.807) is 18.3 Å². The molecule has 106 valence electrons. The van der Waals surface area contributed by atoms with Crippen LogP contribution in [0.15, 0.2) is 18.2 Å². The number of likely N-dealkylation sites (tertiary alicyclic amines) is 1. The Morgan fingerprint density at radius 1 is 1.40 bits per heavy atom. The molecule has 20 heavy (non-hydrogen) atoms. The van der Waals surface area contributed by atoms with Gasteiger partial charge in [-0.3, -0.25) is 4.79 Å². The minimum absolute atomic E-state index is 0.183. The Hall–Kier alpha value is -1.62. The highest BCUT2D eigenvalue weighted by Gasteiger charge is 2.20. The van der Waals surface area contributed by atoms with Crippen LogP contribution in [0.25, 0.3) is 10.2 Å². The van der Waals surface area contributed by atoms with Crippen LogP contribution in [-0.4, -0.2) is 34.9 Å². The summed E-state index contributed by atoms with van der Waals surface area (Å²) in [5.74, 6) is 0.183. The van der Waals surface area contributed by atoms with E-state index >= 15 is 0 Å². The molecule has 1 N–H and O–H groups in total. The van der Waals surface area contributed by atoms with Crippen molar-refractivity contribution in [1.29, 1.82) is 0 Å². The van der Waals surface area contributed by atoms with Gasteiger partial charge in [0.05, 0.1) is 15.2 Å². The van der Waals surface area contributed by atoms with Crippen LogP contribution in [0.4, 0.5) is 5.69 Å². The summed E-state index contributed by atoms with van der Waals surface area (Å²) in [7, 11) is 0. The number of thiazole rings is 1. The molecule has 1 amide bonds. The maximum Gasteiger partial charge on any atom is 0.219 e. The molecule has 0 radical (unpaired) electrons. The maximum absolute atomic E-state index is 11.3. The zero-order valence-electron chi connectivity index (χ0n) is 11.8. The van der Waals surface area contributed by atoms with Gasteiger partial charge in [-0.2, -0.15) is 0 Å². The first-order valence-corrected chi connectivity index (χ1v) is 7.83. The van der Waals surface area contributed by atoms with E-state index in [0.29, 0.717) is 6.04 Å². The van der Waals surface area contributed by atoms with Crippen molar-refractivity contribution in [1.82, 2.24) is 9.88 Å². The van der Waals surface area contributed by atoms with Gasteiger partial charge in [0.1, 0.15) is 0 Å². The highest BCUT2D eigenvalue weighted by atomic mass is 32.1. The molecule has 1 aromatic carbocycles. The van der Waals surface area contributed by atoms with E-state index in [1.165, 1.54) is 4.70 Å². The topological polar surface area (TPSA) is 45.2 Å². The van der Waals surface area contributed by atoms with Gasteiger partial charge in [-0.25, -0.2) is 4.98 Å². The van der Waals surface area contributed by atoms with E-state index in [4.69, 9.17) is 0 Å². The largest absolute Gasteiger partial charge is 0.382 e. The predicted octanol–water partition coefficient (Wildman–Crippen LogP) is 3.03. The lowest BCUT2D eigenvalue weighted by Crippen LogP contribution is -2.41. The van der Waals surface area contributed by atoms with Crippen LogP contribution in [0.1, 0.15) is 24.8 Å². The molecule has 2 heterocycles. The average Bonchev–Trinajstić information content (AvgIpc) is 2.78. The van der Waals surface area contributed by atoms with Crippen molar-refractivity contribution in [3.63, 3.8) is 0 Å². The van der Waals surface area contributed by atoms with Crippen molar-refractivity contribution in [2.45, 2.75) is 32.7 Å². The summed E-state index contributed by atoms with van der Waals surface area (Å²) < 4.78 is 1.24. The normalized spacial score (nSPS) is 16.6. The van der Waals surface area contributed by atoms with Gasteiger partial charge in [-0.15, -0.1) is 11.3 Å². The Bertz CT molecular complexity index is 629. The number of fused-ring (bicyclic) bond motifs is 1. The number of benzene rings is 1. The molecule has 1 saturated heterocycles. The van der Waals surface area contributed by atoms with Crippen molar-refractivity contribution >= 4 is 33.1 Å². The summed E-state index contributed by atoms with van der Waals surface area (Å²) in [5, 5.41) is 4.67. The SMILES string of the molecule is CC(=O)N1CCC(Nc2ccc3sc(C)nc3c2)CC1. The third kappa shape index (κ3) is 2.77. The van der Waals surface area contributed by atoms with Crippen LogP contribution in [0.5, 0.6) is 0 Å². The number of carbonyl (C=O) groups is 1. The number of aromatic nitrogens is 1. The minimum Gasteiger partial charge on any atom is -0.382 e. The molecular weight excluding hydrogens is 270 g/mol. The Balaban J connectivity index is 1.66. The van der Waals surface area contributed by atoms with Crippen molar-refractivity contribution in [2.75, 3.05) is 18.4 Å². The quantitative estimate of drug-likeness (QED) is 0.924. The number of amides is 1. The Morgan fingerprint density at radius 2 is 2.15 bits per heavy atom. The van der Waals surface area contributed by atoms with E-state index in [1.807, 2.05) is 11.8 Å². The van der Waals surface area contributed by atoms with Gasteiger partial charge in [-0.05, 0) is 38.0 Å². The maximum atomic E-state index is 11.3. The smallest absolute Gasteiger partial charge is 0.219 e. The van der Waals surface area contributed by atoms with E-state index in [-0.39, 0.29) is 5.91 Å². The lowest BCUT2D eigenvalue weighted by molar-refractivity contribution is -0.129. The van der Waals surface area contributed by atoms with E-state index in [0.717, 1.165) is 42.1 Å². The third-order valence-corrected chi connectivity index (χ3v) is 4.76. The standard InChI is InChI=1S/C15H19N3OS/c1-10-16-14-9-13(3-4-15(14)20-10)17-12-5-7-18(8-6-12)11(2)19/h3-4,9,12,17H,5-8H2,1-2H3. The van der Waals surface area contributed by atoms with E-state index in [2.05, 4.69) is 28.5 Å². The molecule has 0 aliphatic carbocycles. The van der Waals surface area contributed by atoms with Gasteiger partial charge >= 0.3 is 0 Å². The van der Waals surface area contributed by atoms with Gasteiger partial charge < -0.3 is 10.2 Å². The second-order valence-corrected chi connectivity index (χ2v) is 6.57. The number of anilines is 1. The molecule has 1 aliphatic heterocycles. The van der Waals surface area contributed by atoms with Crippen molar-refractivity contribution in [3.8, 4) is 0 Å². The number of rotatable bonds is 2. The molecule has 1 aromatic heterocycles. The molecule has 1 aliphatic rings. The minimum atomic E-state index is 0.183. The number of hydrogen-bond donors (Lipinski definition) is 1. The summed E-state index contributed by atoms with van der Waals surface area (Å²) in [6.45, 7) is 5.39. The molecule has 0 unspecified atom stereocenters. The Labute approximate surface area is 122 Å². The molecule has 5 heteroatoms. The lowest BCUT2D eigenvalue weighted by atomic mass is 10.0. The van der Waals surface area contributed by atoms with Gasteiger partial charge in [-0.1, -0.05) is 0 Å².